The summed E-state index contributed by atoms with van der Waals surface area (Å²) in [6.07, 6.45) is 1.44. The zero-order valence-electron chi connectivity index (χ0n) is 12.7. The summed E-state index contributed by atoms with van der Waals surface area (Å²) in [5.41, 5.74) is 1.36. The highest BCUT2D eigenvalue weighted by Gasteiger charge is 2.43. The maximum Gasteiger partial charge on any atom is 0.354 e. The molecule has 0 amide bonds. The quantitative estimate of drug-likeness (QED) is 0.908. The van der Waals surface area contributed by atoms with Gasteiger partial charge >= 0.3 is 5.97 Å². The Morgan fingerprint density at radius 2 is 1.90 bits per heavy atom. The average Bonchev–Trinajstić information content (AvgIpc) is 2.96. The molecule has 0 saturated carbocycles. The van der Waals surface area contributed by atoms with Gasteiger partial charge in [0.15, 0.2) is 5.16 Å². The van der Waals surface area contributed by atoms with Crippen LogP contribution in [0.5, 0.6) is 0 Å². The summed E-state index contributed by atoms with van der Waals surface area (Å²) >= 11 is 1.62. The molecule has 0 spiro atoms. The summed E-state index contributed by atoms with van der Waals surface area (Å²) < 4.78 is 1.72. The van der Waals surface area contributed by atoms with Gasteiger partial charge in [-0.25, -0.2) is 9.78 Å². The van der Waals surface area contributed by atoms with Gasteiger partial charge in [-0.15, -0.1) is 0 Å². The van der Waals surface area contributed by atoms with Gasteiger partial charge in [0.25, 0.3) is 0 Å². The van der Waals surface area contributed by atoms with E-state index in [1.165, 1.54) is 6.20 Å². The summed E-state index contributed by atoms with van der Waals surface area (Å²) in [5.74, 6) is -0.932. The molecule has 2 heterocycles. The topological polar surface area (TPSA) is 55.1 Å². The monoisotopic (exact) mass is 304 g/mol. The van der Waals surface area contributed by atoms with Crippen molar-refractivity contribution in [1.82, 2.24) is 9.55 Å². The highest BCUT2D eigenvalue weighted by molar-refractivity contribution is 8.00. The van der Waals surface area contributed by atoms with E-state index < -0.39 is 5.97 Å². The lowest BCUT2D eigenvalue weighted by Gasteiger charge is -2.27. The van der Waals surface area contributed by atoms with Crippen molar-refractivity contribution in [3.63, 3.8) is 0 Å². The van der Waals surface area contributed by atoms with E-state index in [2.05, 4.69) is 18.8 Å². The lowest BCUT2D eigenvalue weighted by molar-refractivity contribution is 0.0682. The minimum Gasteiger partial charge on any atom is -0.477 e. The van der Waals surface area contributed by atoms with Crippen LogP contribution >= 0.6 is 11.8 Å². The average molecular weight is 304 g/mol. The van der Waals surface area contributed by atoms with E-state index in [1.807, 2.05) is 48.7 Å². The molecule has 0 fully saturated rings. The maximum atomic E-state index is 11.3. The number of fused-ring (bicyclic) bond motifs is 1. The van der Waals surface area contributed by atoms with Crippen LogP contribution in [0.25, 0.3) is 0 Å². The van der Waals surface area contributed by atoms with E-state index in [9.17, 15) is 9.90 Å². The Kier molecular flexibility index (Phi) is 4.42. The largest absolute Gasteiger partial charge is 0.477 e. The second-order valence-corrected chi connectivity index (χ2v) is 6.74. The first-order valence-corrected chi connectivity index (χ1v) is 7.87. The molecule has 4 nitrogen and oxygen atoms in total. The third kappa shape index (κ3) is 2.70. The minimum atomic E-state index is -0.932. The molecule has 0 radical (unpaired) electrons. The SMILES string of the molecule is CC.CC1(C)Sc2ncc(C(=O)O)n2C1c1ccccc1. The predicted molar refractivity (Wildman–Crippen MR) is 85.1 cm³/mol. The molecule has 0 saturated heterocycles. The first kappa shape index (κ1) is 15.6. The fourth-order valence-corrected chi connectivity index (χ4v) is 3.85. The van der Waals surface area contributed by atoms with E-state index in [0.29, 0.717) is 0 Å². The molecule has 0 bridgehead atoms. The Labute approximate surface area is 129 Å². The van der Waals surface area contributed by atoms with Crippen LogP contribution in [0.1, 0.15) is 49.8 Å². The van der Waals surface area contributed by atoms with E-state index in [1.54, 1.807) is 11.8 Å². The van der Waals surface area contributed by atoms with Gasteiger partial charge in [0.1, 0.15) is 5.69 Å². The van der Waals surface area contributed by atoms with Crippen LogP contribution in [0.15, 0.2) is 41.7 Å². The van der Waals surface area contributed by atoms with Gasteiger partial charge in [-0.1, -0.05) is 55.9 Å². The summed E-state index contributed by atoms with van der Waals surface area (Å²) in [4.78, 5) is 15.6. The molecule has 1 N–H and O–H groups in total. The number of aromatic nitrogens is 2. The van der Waals surface area contributed by atoms with Crippen LogP contribution in [-0.4, -0.2) is 25.4 Å². The summed E-state index contributed by atoms with van der Waals surface area (Å²) in [6.45, 7) is 8.24. The molecule has 2 aromatic rings. The van der Waals surface area contributed by atoms with Gasteiger partial charge in [-0.2, -0.15) is 0 Å². The van der Waals surface area contributed by atoms with Gasteiger partial charge < -0.3 is 9.67 Å². The number of rotatable bonds is 2. The Hall–Kier alpha value is -1.75. The number of carboxylic acids is 1. The van der Waals surface area contributed by atoms with Crippen molar-refractivity contribution in [2.45, 2.75) is 43.6 Å². The van der Waals surface area contributed by atoms with Gasteiger partial charge in [-0.3, -0.25) is 0 Å². The van der Waals surface area contributed by atoms with Crippen LogP contribution in [-0.2, 0) is 0 Å². The second kappa shape index (κ2) is 5.93. The van der Waals surface area contributed by atoms with Crippen molar-refractivity contribution in [3.8, 4) is 0 Å². The fourth-order valence-electron chi connectivity index (χ4n) is 2.61. The molecule has 0 aliphatic carbocycles. The van der Waals surface area contributed by atoms with Crippen molar-refractivity contribution in [1.29, 1.82) is 0 Å². The summed E-state index contributed by atoms with van der Waals surface area (Å²) in [5, 5.41) is 10.1. The fraction of sp³-hybridized carbons (Fsp3) is 0.375. The van der Waals surface area contributed by atoms with Crippen molar-refractivity contribution in [2.24, 2.45) is 0 Å². The second-order valence-electron chi connectivity index (χ2n) is 5.12. The Morgan fingerprint density at radius 3 is 2.48 bits per heavy atom. The Bertz CT molecular complexity index is 635. The first-order valence-electron chi connectivity index (χ1n) is 7.05. The molecular formula is C16H20N2O2S. The number of nitrogens with zero attached hydrogens (tertiary/aromatic N) is 2. The lowest BCUT2D eigenvalue weighted by Crippen LogP contribution is -2.27. The molecule has 1 aliphatic heterocycles. The summed E-state index contributed by atoms with van der Waals surface area (Å²) in [6, 6.07) is 9.98. The number of hydrogen-bond donors (Lipinski definition) is 1. The van der Waals surface area contributed by atoms with E-state index in [0.717, 1.165) is 10.7 Å². The van der Waals surface area contributed by atoms with Crippen molar-refractivity contribution < 1.29 is 9.90 Å². The molecule has 1 aromatic carbocycles. The van der Waals surface area contributed by atoms with Crippen LogP contribution in [0.3, 0.4) is 0 Å². The third-order valence-electron chi connectivity index (χ3n) is 3.37. The van der Waals surface area contributed by atoms with E-state index >= 15 is 0 Å². The molecule has 21 heavy (non-hydrogen) atoms. The van der Waals surface area contributed by atoms with Crippen LogP contribution < -0.4 is 0 Å². The number of hydrogen-bond acceptors (Lipinski definition) is 3. The number of thioether (sulfide) groups is 1. The zero-order chi connectivity index (χ0) is 15.6. The number of aromatic carboxylic acids is 1. The van der Waals surface area contributed by atoms with Gasteiger partial charge in [0.05, 0.1) is 12.2 Å². The number of benzene rings is 1. The highest BCUT2D eigenvalue weighted by atomic mass is 32.2. The number of imidazole rings is 1. The van der Waals surface area contributed by atoms with Crippen LogP contribution in [0, 0.1) is 0 Å². The Balaban J connectivity index is 0.000000774. The van der Waals surface area contributed by atoms with E-state index in [4.69, 9.17) is 0 Å². The molecule has 1 unspecified atom stereocenters. The Morgan fingerprint density at radius 1 is 1.29 bits per heavy atom. The van der Waals surface area contributed by atoms with Crippen LogP contribution in [0.4, 0.5) is 0 Å². The molecular weight excluding hydrogens is 284 g/mol. The lowest BCUT2D eigenvalue weighted by atomic mass is 9.95. The maximum absolute atomic E-state index is 11.3. The van der Waals surface area contributed by atoms with Crippen molar-refractivity contribution >= 4 is 17.7 Å². The van der Waals surface area contributed by atoms with Gasteiger partial charge in [0.2, 0.25) is 0 Å². The number of carboxylic acid groups (broad SMARTS) is 1. The first-order chi connectivity index (χ1) is 10.0. The minimum absolute atomic E-state index is 0.0118. The van der Waals surface area contributed by atoms with E-state index in [-0.39, 0.29) is 16.5 Å². The molecule has 3 rings (SSSR count). The van der Waals surface area contributed by atoms with Crippen molar-refractivity contribution in [2.75, 3.05) is 0 Å². The third-order valence-corrected chi connectivity index (χ3v) is 4.60. The van der Waals surface area contributed by atoms with Crippen molar-refractivity contribution in [3.05, 3.63) is 47.8 Å². The van der Waals surface area contributed by atoms with Crippen LogP contribution in [0.2, 0.25) is 0 Å². The van der Waals surface area contributed by atoms with Gasteiger partial charge in [-0.05, 0) is 19.4 Å². The molecule has 112 valence electrons. The molecule has 1 aliphatic rings. The van der Waals surface area contributed by atoms with Gasteiger partial charge in [0, 0.05) is 4.75 Å². The molecule has 1 aromatic heterocycles. The smallest absolute Gasteiger partial charge is 0.354 e. The number of carbonyl (C=O) groups is 1. The standard InChI is InChI=1S/C14H14N2O2S.C2H6/c1-14(2)11(9-6-4-3-5-7-9)16-10(12(17)18)8-15-13(16)19-14;1-2/h3-8,11H,1-2H3,(H,17,18);1-2H3. The molecule has 1 atom stereocenters. The highest BCUT2D eigenvalue weighted by Crippen LogP contribution is 2.51. The molecule has 5 heteroatoms. The zero-order valence-corrected chi connectivity index (χ0v) is 13.5. The summed E-state index contributed by atoms with van der Waals surface area (Å²) in [7, 11) is 0. The normalized spacial score (nSPS) is 18.6. The predicted octanol–water partition coefficient (Wildman–Crippen LogP) is 4.08.